The summed E-state index contributed by atoms with van der Waals surface area (Å²) < 4.78 is 10.0. The van der Waals surface area contributed by atoms with E-state index < -0.39 is 5.97 Å². The van der Waals surface area contributed by atoms with E-state index in [2.05, 4.69) is 5.92 Å². The van der Waals surface area contributed by atoms with E-state index in [0.717, 1.165) is 0 Å². The summed E-state index contributed by atoms with van der Waals surface area (Å²) in [5.74, 6) is 2.46. The number of aliphatic hydroxyl groups excluding tert-OH is 1. The van der Waals surface area contributed by atoms with Crippen molar-refractivity contribution in [3.05, 3.63) is 23.3 Å². The molecule has 0 aliphatic heterocycles. The molecule has 4 heteroatoms. The van der Waals surface area contributed by atoms with Crippen LogP contribution in [-0.4, -0.2) is 18.2 Å². The lowest BCUT2D eigenvalue weighted by molar-refractivity contribution is -0.132. The number of aliphatic hydroxyl groups is 1. The Balaban J connectivity index is 3.32. The normalized spacial score (nSPS) is 9.38. The molecule has 0 aromatic heterocycles. The SMILES string of the molecule is C#Cc1cc(CO)cc(OC(C)=O)c1OC. The summed E-state index contributed by atoms with van der Waals surface area (Å²) in [7, 11) is 1.43. The number of carbonyl (C=O) groups excluding carboxylic acids is 1. The van der Waals surface area contributed by atoms with Gasteiger partial charge in [-0.2, -0.15) is 0 Å². The monoisotopic (exact) mass is 220 g/mol. The maximum atomic E-state index is 10.9. The standard InChI is InChI=1S/C12H12O4/c1-4-10-5-9(7-13)6-11(12(10)15-3)16-8(2)14/h1,5-6,13H,7H2,2-3H3. The van der Waals surface area contributed by atoms with E-state index in [1.165, 1.54) is 20.1 Å². The van der Waals surface area contributed by atoms with Gasteiger partial charge in [0.05, 0.1) is 19.3 Å². The zero-order valence-corrected chi connectivity index (χ0v) is 9.11. The number of methoxy groups -OCH3 is 1. The third-order valence-corrected chi connectivity index (χ3v) is 1.91. The van der Waals surface area contributed by atoms with E-state index in [1.807, 2.05) is 0 Å². The molecule has 0 fully saturated rings. The van der Waals surface area contributed by atoms with Gasteiger partial charge in [0, 0.05) is 6.92 Å². The number of rotatable bonds is 3. The molecular weight excluding hydrogens is 208 g/mol. The molecule has 1 N–H and O–H groups in total. The topological polar surface area (TPSA) is 55.8 Å². The van der Waals surface area contributed by atoms with Crippen molar-refractivity contribution in [2.75, 3.05) is 7.11 Å². The van der Waals surface area contributed by atoms with Crippen LogP contribution >= 0.6 is 0 Å². The Morgan fingerprint density at radius 2 is 2.25 bits per heavy atom. The van der Waals surface area contributed by atoms with Gasteiger partial charge in [-0.05, 0) is 17.7 Å². The zero-order valence-electron chi connectivity index (χ0n) is 9.11. The van der Waals surface area contributed by atoms with Crippen molar-refractivity contribution in [3.63, 3.8) is 0 Å². The summed E-state index contributed by atoms with van der Waals surface area (Å²) in [6.07, 6.45) is 5.30. The molecule has 0 heterocycles. The van der Waals surface area contributed by atoms with E-state index in [-0.39, 0.29) is 12.4 Å². The first-order valence-electron chi connectivity index (χ1n) is 4.59. The molecule has 4 nitrogen and oxygen atoms in total. The Morgan fingerprint density at radius 1 is 1.56 bits per heavy atom. The largest absolute Gasteiger partial charge is 0.492 e. The minimum Gasteiger partial charge on any atom is -0.492 e. The first-order valence-corrected chi connectivity index (χ1v) is 4.59. The number of ether oxygens (including phenoxy) is 2. The zero-order chi connectivity index (χ0) is 12.1. The highest BCUT2D eigenvalue weighted by atomic mass is 16.6. The number of esters is 1. The smallest absolute Gasteiger partial charge is 0.308 e. The van der Waals surface area contributed by atoms with Crippen LogP contribution < -0.4 is 9.47 Å². The predicted molar refractivity (Wildman–Crippen MR) is 58.2 cm³/mol. The van der Waals surface area contributed by atoms with Crippen LogP contribution in [0.25, 0.3) is 0 Å². The third kappa shape index (κ3) is 2.53. The van der Waals surface area contributed by atoms with Gasteiger partial charge in [0.2, 0.25) is 0 Å². The lowest BCUT2D eigenvalue weighted by Crippen LogP contribution is -2.05. The van der Waals surface area contributed by atoms with Crippen molar-refractivity contribution in [2.45, 2.75) is 13.5 Å². The van der Waals surface area contributed by atoms with Gasteiger partial charge in [0.25, 0.3) is 0 Å². The fraction of sp³-hybridized carbons (Fsp3) is 0.250. The Hall–Kier alpha value is -1.99. The number of terminal acetylenes is 1. The molecule has 16 heavy (non-hydrogen) atoms. The van der Waals surface area contributed by atoms with Crippen molar-refractivity contribution in [1.82, 2.24) is 0 Å². The van der Waals surface area contributed by atoms with Crippen LogP contribution in [0.3, 0.4) is 0 Å². The molecule has 0 aliphatic carbocycles. The molecule has 0 radical (unpaired) electrons. The maximum Gasteiger partial charge on any atom is 0.308 e. The average molecular weight is 220 g/mol. The number of hydrogen-bond donors (Lipinski definition) is 1. The third-order valence-electron chi connectivity index (χ3n) is 1.91. The molecule has 1 rings (SSSR count). The van der Waals surface area contributed by atoms with E-state index in [0.29, 0.717) is 16.9 Å². The molecule has 0 atom stereocenters. The first kappa shape index (κ1) is 12.1. The number of carbonyl (C=O) groups is 1. The summed E-state index contributed by atoms with van der Waals surface area (Å²) in [6.45, 7) is 1.09. The summed E-state index contributed by atoms with van der Waals surface area (Å²) in [6, 6.07) is 3.12. The van der Waals surface area contributed by atoms with Gasteiger partial charge in [-0.15, -0.1) is 6.42 Å². The molecule has 1 aromatic rings. The van der Waals surface area contributed by atoms with Gasteiger partial charge in [-0.25, -0.2) is 0 Å². The van der Waals surface area contributed by atoms with Gasteiger partial charge < -0.3 is 14.6 Å². The van der Waals surface area contributed by atoms with Gasteiger partial charge in [0.15, 0.2) is 11.5 Å². The van der Waals surface area contributed by atoms with Crippen LogP contribution in [0.2, 0.25) is 0 Å². The Bertz CT molecular complexity index is 443. The highest BCUT2D eigenvalue weighted by Gasteiger charge is 2.13. The molecule has 0 saturated carbocycles. The Labute approximate surface area is 93.8 Å². The molecular formula is C12H12O4. The second kappa shape index (κ2) is 5.19. The van der Waals surface area contributed by atoms with E-state index >= 15 is 0 Å². The molecule has 0 saturated heterocycles. The quantitative estimate of drug-likeness (QED) is 0.470. The molecule has 0 spiro atoms. The molecule has 84 valence electrons. The second-order valence-electron chi connectivity index (χ2n) is 3.07. The second-order valence-corrected chi connectivity index (χ2v) is 3.07. The number of benzene rings is 1. The number of hydrogen-bond acceptors (Lipinski definition) is 4. The fourth-order valence-electron chi connectivity index (χ4n) is 1.30. The Morgan fingerprint density at radius 3 is 2.69 bits per heavy atom. The predicted octanol–water partition coefficient (Wildman–Crippen LogP) is 1.09. The summed E-state index contributed by atoms with van der Waals surface area (Å²) >= 11 is 0. The minimum absolute atomic E-state index is 0.188. The van der Waals surface area contributed by atoms with Crippen LogP contribution in [0.5, 0.6) is 11.5 Å². The molecule has 0 amide bonds. The van der Waals surface area contributed by atoms with E-state index in [1.54, 1.807) is 6.07 Å². The molecule has 0 aliphatic rings. The average Bonchev–Trinajstić information content (AvgIpc) is 2.27. The van der Waals surface area contributed by atoms with Crippen LogP contribution in [0.15, 0.2) is 12.1 Å². The summed E-state index contributed by atoms with van der Waals surface area (Å²) in [5.41, 5.74) is 0.996. The Kier molecular flexibility index (Phi) is 3.92. The minimum atomic E-state index is -0.476. The van der Waals surface area contributed by atoms with Crippen LogP contribution in [0, 0.1) is 12.3 Å². The lowest BCUT2D eigenvalue weighted by Gasteiger charge is -2.11. The molecule has 0 unspecified atom stereocenters. The lowest BCUT2D eigenvalue weighted by atomic mass is 10.1. The van der Waals surface area contributed by atoms with Gasteiger partial charge >= 0.3 is 5.97 Å². The molecule has 1 aromatic carbocycles. The van der Waals surface area contributed by atoms with Gasteiger partial charge in [0.1, 0.15) is 0 Å². The van der Waals surface area contributed by atoms with Crippen molar-refractivity contribution < 1.29 is 19.4 Å². The van der Waals surface area contributed by atoms with Crippen LogP contribution in [-0.2, 0) is 11.4 Å². The van der Waals surface area contributed by atoms with Crippen molar-refractivity contribution in [3.8, 4) is 23.8 Å². The van der Waals surface area contributed by atoms with Crippen LogP contribution in [0.4, 0.5) is 0 Å². The van der Waals surface area contributed by atoms with Gasteiger partial charge in [-0.3, -0.25) is 4.79 Å². The van der Waals surface area contributed by atoms with Crippen molar-refractivity contribution in [2.24, 2.45) is 0 Å². The molecule has 0 bridgehead atoms. The van der Waals surface area contributed by atoms with E-state index in [4.69, 9.17) is 21.0 Å². The van der Waals surface area contributed by atoms with Crippen LogP contribution in [0.1, 0.15) is 18.1 Å². The first-order chi connectivity index (χ1) is 7.62. The van der Waals surface area contributed by atoms with Gasteiger partial charge in [-0.1, -0.05) is 5.92 Å². The van der Waals surface area contributed by atoms with E-state index in [9.17, 15) is 4.79 Å². The fourth-order valence-corrected chi connectivity index (χ4v) is 1.30. The summed E-state index contributed by atoms with van der Waals surface area (Å²) in [4.78, 5) is 10.9. The highest BCUT2D eigenvalue weighted by Crippen LogP contribution is 2.32. The van der Waals surface area contributed by atoms with Crippen molar-refractivity contribution >= 4 is 5.97 Å². The van der Waals surface area contributed by atoms with Crippen molar-refractivity contribution in [1.29, 1.82) is 0 Å². The summed E-state index contributed by atoms with van der Waals surface area (Å²) in [5, 5.41) is 9.03. The maximum absolute atomic E-state index is 10.9. The highest BCUT2D eigenvalue weighted by molar-refractivity contribution is 5.71.